The summed E-state index contributed by atoms with van der Waals surface area (Å²) in [5.74, 6) is -0.136. The minimum Gasteiger partial charge on any atom is -0.465 e. The van der Waals surface area contributed by atoms with Gasteiger partial charge in [0.15, 0.2) is 0 Å². The molecule has 1 fully saturated rings. The lowest BCUT2D eigenvalue weighted by Gasteiger charge is -2.35. The van der Waals surface area contributed by atoms with Gasteiger partial charge in [0.2, 0.25) is 0 Å². The molecular weight excluding hydrogens is 204 g/mol. The van der Waals surface area contributed by atoms with E-state index in [9.17, 15) is 4.79 Å². The Morgan fingerprint density at radius 3 is 2.88 bits per heavy atom. The van der Waals surface area contributed by atoms with E-state index < -0.39 is 0 Å². The molecule has 0 spiro atoms. The molecule has 4 nitrogen and oxygen atoms in total. The van der Waals surface area contributed by atoms with Crippen LogP contribution < -0.4 is 5.32 Å². The molecule has 0 saturated carbocycles. The average molecular weight is 228 g/mol. The molecule has 94 valence electrons. The maximum Gasteiger partial charge on any atom is 0.324 e. The molecule has 0 aromatic rings. The normalized spacial score (nSPS) is 24.1. The van der Waals surface area contributed by atoms with Crippen molar-refractivity contribution in [3.05, 3.63) is 0 Å². The van der Waals surface area contributed by atoms with Crippen molar-refractivity contribution in [3.8, 4) is 0 Å². The summed E-state index contributed by atoms with van der Waals surface area (Å²) in [6.45, 7) is 6.38. The van der Waals surface area contributed by atoms with Gasteiger partial charge in [-0.3, -0.25) is 9.69 Å². The van der Waals surface area contributed by atoms with Crippen LogP contribution in [0.15, 0.2) is 0 Å². The minimum absolute atomic E-state index is 0.136. The van der Waals surface area contributed by atoms with Crippen molar-refractivity contribution in [2.24, 2.45) is 0 Å². The van der Waals surface area contributed by atoms with Gasteiger partial charge in [-0.25, -0.2) is 0 Å². The lowest BCUT2D eigenvalue weighted by molar-refractivity contribution is -0.146. The van der Waals surface area contributed by atoms with Crippen LogP contribution in [-0.4, -0.2) is 49.7 Å². The predicted octanol–water partition coefficient (Wildman–Crippen LogP) is 1.01. The summed E-state index contributed by atoms with van der Waals surface area (Å²) < 4.78 is 5.04. The lowest BCUT2D eigenvalue weighted by Crippen LogP contribution is -2.49. The zero-order valence-electron chi connectivity index (χ0n) is 10.7. The monoisotopic (exact) mass is 228 g/mol. The van der Waals surface area contributed by atoms with Crippen molar-refractivity contribution in [2.45, 2.75) is 45.2 Å². The first kappa shape index (κ1) is 13.5. The number of carbonyl (C=O) groups excluding carboxylic acids is 1. The van der Waals surface area contributed by atoms with Crippen molar-refractivity contribution in [1.29, 1.82) is 0 Å². The van der Waals surface area contributed by atoms with Gasteiger partial charge in [-0.2, -0.15) is 0 Å². The fourth-order valence-electron chi connectivity index (χ4n) is 2.19. The summed E-state index contributed by atoms with van der Waals surface area (Å²) in [7, 11) is 1.82. The smallest absolute Gasteiger partial charge is 0.324 e. The van der Waals surface area contributed by atoms with Crippen LogP contribution in [0.25, 0.3) is 0 Å². The van der Waals surface area contributed by atoms with Crippen molar-refractivity contribution >= 4 is 5.97 Å². The highest BCUT2D eigenvalue weighted by atomic mass is 16.5. The van der Waals surface area contributed by atoms with E-state index in [0.717, 1.165) is 13.1 Å². The van der Waals surface area contributed by atoms with E-state index in [1.807, 2.05) is 14.0 Å². The summed E-state index contributed by atoms with van der Waals surface area (Å²) in [6, 6.07) is 0.388. The van der Waals surface area contributed by atoms with E-state index in [2.05, 4.69) is 17.1 Å². The van der Waals surface area contributed by atoms with Crippen molar-refractivity contribution < 1.29 is 9.53 Å². The second-order valence-corrected chi connectivity index (χ2v) is 4.43. The van der Waals surface area contributed by atoms with E-state index in [0.29, 0.717) is 12.6 Å². The Morgan fingerprint density at radius 2 is 2.31 bits per heavy atom. The van der Waals surface area contributed by atoms with Crippen LogP contribution in [0.4, 0.5) is 0 Å². The minimum atomic E-state index is -0.194. The highest BCUT2D eigenvalue weighted by Crippen LogP contribution is 2.16. The Hall–Kier alpha value is -0.610. The summed E-state index contributed by atoms with van der Waals surface area (Å²) in [6.07, 6.45) is 3.78. The third-order valence-corrected chi connectivity index (χ3v) is 3.28. The number of ether oxygens (including phenoxy) is 1. The number of likely N-dealkylation sites (N-methyl/N-ethyl adjacent to an activating group) is 1. The standard InChI is InChI=1S/C12H24N2O2/c1-4-16-12(15)11(13-3)9-14-8-6-5-7-10(14)2/h10-11,13H,4-9H2,1-3H3. The van der Waals surface area contributed by atoms with E-state index in [1.54, 1.807) is 0 Å². The van der Waals surface area contributed by atoms with Gasteiger partial charge >= 0.3 is 5.97 Å². The molecule has 1 N–H and O–H groups in total. The van der Waals surface area contributed by atoms with Crippen LogP contribution in [0.3, 0.4) is 0 Å². The maximum absolute atomic E-state index is 11.6. The van der Waals surface area contributed by atoms with Gasteiger partial charge in [0.05, 0.1) is 6.61 Å². The highest BCUT2D eigenvalue weighted by Gasteiger charge is 2.25. The molecule has 0 aliphatic carbocycles. The third kappa shape index (κ3) is 3.76. The van der Waals surface area contributed by atoms with Gasteiger partial charge in [-0.1, -0.05) is 6.42 Å². The average Bonchev–Trinajstić information content (AvgIpc) is 2.28. The Bertz CT molecular complexity index is 221. The van der Waals surface area contributed by atoms with Crippen LogP contribution in [0.1, 0.15) is 33.1 Å². The molecule has 1 aliphatic rings. The molecule has 0 radical (unpaired) electrons. The number of esters is 1. The number of likely N-dealkylation sites (tertiary alicyclic amines) is 1. The molecule has 0 bridgehead atoms. The fourth-order valence-corrected chi connectivity index (χ4v) is 2.19. The first-order chi connectivity index (χ1) is 7.69. The molecule has 4 heteroatoms. The summed E-state index contributed by atoms with van der Waals surface area (Å²) in [5.41, 5.74) is 0. The first-order valence-corrected chi connectivity index (χ1v) is 6.27. The molecule has 2 unspecified atom stereocenters. The number of piperidine rings is 1. The van der Waals surface area contributed by atoms with Crippen LogP contribution in [0.5, 0.6) is 0 Å². The fraction of sp³-hybridized carbons (Fsp3) is 0.917. The molecule has 2 atom stereocenters. The van der Waals surface area contributed by atoms with Crippen molar-refractivity contribution in [1.82, 2.24) is 10.2 Å². The van der Waals surface area contributed by atoms with E-state index in [4.69, 9.17) is 4.74 Å². The van der Waals surface area contributed by atoms with E-state index in [1.165, 1.54) is 19.3 Å². The second-order valence-electron chi connectivity index (χ2n) is 4.43. The third-order valence-electron chi connectivity index (χ3n) is 3.28. The second kappa shape index (κ2) is 6.86. The van der Waals surface area contributed by atoms with Gasteiger partial charge < -0.3 is 10.1 Å². The van der Waals surface area contributed by atoms with Crippen molar-refractivity contribution in [2.75, 3.05) is 26.7 Å². The van der Waals surface area contributed by atoms with Gasteiger partial charge in [-0.15, -0.1) is 0 Å². The van der Waals surface area contributed by atoms with Gasteiger partial charge in [0, 0.05) is 12.6 Å². The number of nitrogens with zero attached hydrogens (tertiary/aromatic N) is 1. The zero-order chi connectivity index (χ0) is 12.0. The topological polar surface area (TPSA) is 41.6 Å². The maximum atomic E-state index is 11.6. The Kier molecular flexibility index (Phi) is 5.77. The number of hydrogen-bond acceptors (Lipinski definition) is 4. The van der Waals surface area contributed by atoms with Crippen LogP contribution >= 0.6 is 0 Å². The first-order valence-electron chi connectivity index (χ1n) is 6.27. The largest absolute Gasteiger partial charge is 0.465 e. The van der Waals surface area contributed by atoms with Gasteiger partial charge in [0.25, 0.3) is 0 Å². The van der Waals surface area contributed by atoms with Gasteiger partial charge in [-0.05, 0) is 40.3 Å². The van der Waals surface area contributed by atoms with Gasteiger partial charge in [0.1, 0.15) is 6.04 Å². The molecule has 1 rings (SSSR count). The molecule has 16 heavy (non-hydrogen) atoms. The summed E-state index contributed by atoms with van der Waals surface area (Å²) in [4.78, 5) is 14.0. The SMILES string of the molecule is CCOC(=O)C(CN1CCCCC1C)NC. The molecule has 0 aromatic carbocycles. The highest BCUT2D eigenvalue weighted by molar-refractivity contribution is 5.76. The Balaban J connectivity index is 2.44. The summed E-state index contributed by atoms with van der Waals surface area (Å²) in [5, 5.41) is 3.04. The number of hydrogen-bond donors (Lipinski definition) is 1. The molecular formula is C12H24N2O2. The predicted molar refractivity (Wildman–Crippen MR) is 64.4 cm³/mol. The van der Waals surface area contributed by atoms with E-state index in [-0.39, 0.29) is 12.0 Å². The molecule has 1 heterocycles. The number of rotatable bonds is 5. The van der Waals surface area contributed by atoms with Crippen LogP contribution in [-0.2, 0) is 9.53 Å². The van der Waals surface area contributed by atoms with E-state index >= 15 is 0 Å². The zero-order valence-corrected chi connectivity index (χ0v) is 10.7. The van der Waals surface area contributed by atoms with Crippen molar-refractivity contribution in [3.63, 3.8) is 0 Å². The Morgan fingerprint density at radius 1 is 1.56 bits per heavy atom. The van der Waals surface area contributed by atoms with Crippen LogP contribution in [0, 0.1) is 0 Å². The molecule has 1 saturated heterocycles. The Labute approximate surface area is 98.3 Å². The molecule has 0 amide bonds. The number of carbonyl (C=O) groups is 1. The quantitative estimate of drug-likeness (QED) is 0.713. The van der Waals surface area contributed by atoms with Crippen LogP contribution in [0.2, 0.25) is 0 Å². The summed E-state index contributed by atoms with van der Waals surface area (Å²) >= 11 is 0. The molecule has 1 aliphatic heterocycles. The number of nitrogens with one attached hydrogen (secondary N) is 1. The molecule has 0 aromatic heterocycles. The lowest BCUT2D eigenvalue weighted by atomic mass is 10.0.